The van der Waals surface area contributed by atoms with Crippen molar-refractivity contribution in [2.24, 2.45) is 0 Å². The van der Waals surface area contributed by atoms with Crippen LogP contribution in [-0.4, -0.2) is 10.2 Å². The van der Waals surface area contributed by atoms with Crippen LogP contribution in [0.15, 0.2) is 22.6 Å². The third-order valence-corrected chi connectivity index (χ3v) is 2.08. The van der Waals surface area contributed by atoms with Crippen molar-refractivity contribution in [1.82, 2.24) is 0 Å². The molecule has 1 aromatic heterocycles. The number of halogens is 2. The van der Waals surface area contributed by atoms with Gasteiger partial charge in [0.05, 0.1) is 5.56 Å². The summed E-state index contributed by atoms with van der Waals surface area (Å²) < 4.78 is 31.0. The molecule has 0 radical (unpaired) electrons. The lowest BCUT2D eigenvalue weighted by Crippen LogP contribution is -1.87. The number of hydrogen-bond acceptors (Lipinski definition) is 4. The van der Waals surface area contributed by atoms with Crippen molar-refractivity contribution in [2.45, 2.75) is 0 Å². The van der Waals surface area contributed by atoms with Gasteiger partial charge in [0.2, 0.25) is 17.4 Å². The molecule has 1 aromatic carbocycles. The quantitative estimate of drug-likeness (QED) is 0.697. The maximum Gasteiger partial charge on any atom is 0.237 e. The average molecular weight is 227 g/mol. The highest BCUT2D eigenvalue weighted by atomic mass is 19.2. The van der Waals surface area contributed by atoms with Gasteiger partial charge in [-0.2, -0.15) is 0 Å². The number of nitrogen functional groups attached to an aromatic ring is 1. The molecule has 0 atom stereocenters. The zero-order valence-electron chi connectivity index (χ0n) is 7.87. The van der Waals surface area contributed by atoms with Gasteiger partial charge in [-0.1, -0.05) is 6.07 Å². The zero-order chi connectivity index (χ0) is 11.9. The molecule has 0 aliphatic heterocycles. The molecule has 4 N–H and O–H groups in total. The van der Waals surface area contributed by atoms with Gasteiger partial charge < -0.3 is 20.4 Å². The summed E-state index contributed by atoms with van der Waals surface area (Å²) in [6, 6.07) is 3.35. The van der Waals surface area contributed by atoms with Crippen LogP contribution in [-0.2, 0) is 0 Å². The summed E-state index contributed by atoms with van der Waals surface area (Å²) in [6.07, 6.45) is 0. The normalized spacial score (nSPS) is 10.6. The van der Waals surface area contributed by atoms with Crippen LogP contribution < -0.4 is 5.73 Å². The lowest BCUT2D eigenvalue weighted by Gasteiger charge is -2.00. The molecule has 0 aliphatic carbocycles. The van der Waals surface area contributed by atoms with Crippen molar-refractivity contribution in [3.05, 3.63) is 29.8 Å². The van der Waals surface area contributed by atoms with Crippen molar-refractivity contribution in [2.75, 3.05) is 5.73 Å². The van der Waals surface area contributed by atoms with Crippen molar-refractivity contribution >= 4 is 5.88 Å². The van der Waals surface area contributed by atoms with Crippen LogP contribution in [0.4, 0.5) is 14.7 Å². The van der Waals surface area contributed by atoms with Gasteiger partial charge in [-0.25, -0.2) is 8.78 Å². The van der Waals surface area contributed by atoms with Crippen LogP contribution in [0, 0.1) is 11.6 Å². The molecule has 0 spiro atoms. The first-order valence-electron chi connectivity index (χ1n) is 4.27. The molecule has 0 unspecified atom stereocenters. The molecule has 0 aliphatic rings. The Bertz CT molecular complexity index is 551. The molecule has 1 heterocycles. The highest BCUT2D eigenvalue weighted by Gasteiger charge is 2.22. The van der Waals surface area contributed by atoms with Gasteiger partial charge in [-0.3, -0.25) is 0 Å². The topological polar surface area (TPSA) is 79.6 Å². The predicted molar refractivity (Wildman–Crippen MR) is 51.8 cm³/mol. The number of benzene rings is 1. The molecule has 4 nitrogen and oxygen atoms in total. The number of hydrogen-bond donors (Lipinski definition) is 3. The summed E-state index contributed by atoms with van der Waals surface area (Å²) in [5, 5.41) is 18.5. The molecule has 6 heteroatoms. The smallest absolute Gasteiger partial charge is 0.237 e. The summed E-state index contributed by atoms with van der Waals surface area (Å²) in [7, 11) is 0. The van der Waals surface area contributed by atoms with Gasteiger partial charge in [0.15, 0.2) is 17.4 Å². The summed E-state index contributed by atoms with van der Waals surface area (Å²) in [5.74, 6) is -4.57. The minimum absolute atomic E-state index is 0.315. The van der Waals surface area contributed by atoms with E-state index in [9.17, 15) is 13.9 Å². The van der Waals surface area contributed by atoms with E-state index in [0.717, 1.165) is 6.07 Å². The molecule has 0 bridgehead atoms. The molecule has 0 saturated carbocycles. The fraction of sp³-hybridized carbons (Fsp3) is 0. The third kappa shape index (κ3) is 1.35. The second kappa shape index (κ2) is 3.41. The summed E-state index contributed by atoms with van der Waals surface area (Å²) >= 11 is 0. The molecule has 2 aromatic rings. The minimum Gasteiger partial charge on any atom is -0.502 e. The van der Waals surface area contributed by atoms with E-state index in [2.05, 4.69) is 0 Å². The van der Waals surface area contributed by atoms with E-state index >= 15 is 0 Å². The standard InChI is InChI=1S/C10H7F2NO3/c11-5-3-1-2-4(6(5)12)9-7(14)8(15)10(13)16-9/h1-3,14-15H,13H2. The Morgan fingerprint density at radius 3 is 2.38 bits per heavy atom. The van der Waals surface area contributed by atoms with E-state index in [0.29, 0.717) is 0 Å². The average Bonchev–Trinajstić information content (AvgIpc) is 2.50. The Labute approximate surface area is 88.5 Å². The van der Waals surface area contributed by atoms with E-state index in [1.807, 2.05) is 0 Å². The third-order valence-electron chi connectivity index (χ3n) is 2.08. The van der Waals surface area contributed by atoms with Crippen LogP contribution in [0.5, 0.6) is 11.5 Å². The Morgan fingerprint density at radius 2 is 1.81 bits per heavy atom. The first kappa shape index (κ1) is 10.3. The van der Waals surface area contributed by atoms with Gasteiger partial charge in [0.25, 0.3) is 0 Å². The van der Waals surface area contributed by atoms with E-state index in [4.69, 9.17) is 15.3 Å². The molecule has 2 rings (SSSR count). The number of aromatic hydroxyl groups is 2. The summed E-state index contributed by atoms with van der Waals surface area (Å²) in [5.41, 5.74) is 4.86. The zero-order valence-corrected chi connectivity index (χ0v) is 7.87. The number of anilines is 1. The Kier molecular flexibility index (Phi) is 2.19. The molecule has 16 heavy (non-hydrogen) atoms. The van der Waals surface area contributed by atoms with Gasteiger partial charge in [-0.15, -0.1) is 0 Å². The first-order valence-corrected chi connectivity index (χ1v) is 4.27. The van der Waals surface area contributed by atoms with Gasteiger partial charge in [0.1, 0.15) is 0 Å². The highest BCUT2D eigenvalue weighted by molar-refractivity contribution is 5.73. The molecular formula is C10H7F2NO3. The number of nitrogens with two attached hydrogens (primary N) is 1. The lowest BCUT2D eigenvalue weighted by molar-refractivity contribution is 0.410. The predicted octanol–water partition coefficient (Wildman–Crippen LogP) is 2.22. The van der Waals surface area contributed by atoms with Crippen molar-refractivity contribution < 1.29 is 23.4 Å². The first-order chi connectivity index (χ1) is 7.52. The van der Waals surface area contributed by atoms with Crippen molar-refractivity contribution in [3.8, 4) is 22.8 Å². The summed E-state index contributed by atoms with van der Waals surface area (Å²) in [4.78, 5) is 0. The maximum atomic E-state index is 13.3. The Morgan fingerprint density at radius 1 is 1.12 bits per heavy atom. The molecular weight excluding hydrogens is 220 g/mol. The number of rotatable bonds is 1. The molecule has 0 fully saturated rings. The van der Waals surface area contributed by atoms with Crippen LogP contribution in [0.1, 0.15) is 0 Å². The molecule has 0 saturated heterocycles. The van der Waals surface area contributed by atoms with Crippen molar-refractivity contribution in [1.29, 1.82) is 0 Å². The van der Waals surface area contributed by atoms with E-state index in [1.165, 1.54) is 12.1 Å². The SMILES string of the molecule is Nc1oc(-c2cccc(F)c2F)c(O)c1O. The fourth-order valence-electron chi connectivity index (χ4n) is 1.29. The molecule has 0 amide bonds. The fourth-order valence-corrected chi connectivity index (χ4v) is 1.29. The maximum absolute atomic E-state index is 13.3. The highest BCUT2D eigenvalue weighted by Crippen LogP contribution is 2.44. The van der Waals surface area contributed by atoms with Gasteiger partial charge >= 0.3 is 0 Å². The van der Waals surface area contributed by atoms with E-state index in [1.54, 1.807) is 0 Å². The van der Waals surface area contributed by atoms with Gasteiger partial charge in [0, 0.05) is 0 Å². The minimum atomic E-state index is -1.19. The Hall–Kier alpha value is -2.24. The number of furan rings is 1. The van der Waals surface area contributed by atoms with Crippen LogP contribution in [0.25, 0.3) is 11.3 Å². The summed E-state index contributed by atoms with van der Waals surface area (Å²) in [6.45, 7) is 0. The van der Waals surface area contributed by atoms with Gasteiger partial charge in [-0.05, 0) is 12.1 Å². The van der Waals surface area contributed by atoms with E-state index < -0.39 is 34.8 Å². The second-order valence-electron chi connectivity index (χ2n) is 3.09. The molecule has 84 valence electrons. The van der Waals surface area contributed by atoms with Crippen molar-refractivity contribution in [3.63, 3.8) is 0 Å². The van der Waals surface area contributed by atoms with E-state index in [-0.39, 0.29) is 5.56 Å². The monoisotopic (exact) mass is 227 g/mol. The van der Waals surface area contributed by atoms with Crippen LogP contribution in [0.2, 0.25) is 0 Å². The Balaban J connectivity index is 2.68. The second-order valence-corrected chi connectivity index (χ2v) is 3.09. The lowest BCUT2D eigenvalue weighted by atomic mass is 10.1. The van der Waals surface area contributed by atoms with Crippen LogP contribution >= 0.6 is 0 Å². The largest absolute Gasteiger partial charge is 0.502 e. The van der Waals surface area contributed by atoms with Crippen LogP contribution in [0.3, 0.4) is 0 Å².